The Balaban J connectivity index is 1.06. The van der Waals surface area contributed by atoms with Gasteiger partial charge < -0.3 is 15.5 Å². The van der Waals surface area contributed by atoms with Crippen molar-refractivity contribution >= 4 is 11.8 Å². The van der Waals surface area contributed by atoms with Crippen LogP contribution >= 0.6 is 0 Å². The molecule has 7 unspecified atom stereocenters. The van der Waals surface area contributed by atoms with E-state index in [0.29, 0.717) is 37.4 Å². The summed E-state index contributed by atoms with van der Waals surface area (Å²) in [6.07, 6.45) is 8.69. The predicted molar refractivity (Wildman–Crippen MR) is 133 cm³/mol. The number of carbonyl (C=O) groups is 2. The molecule has 7 atom stereocenters. The van der Waals surface area contributed by atoms with Gasteiger partial charge in [-0.25, -0.2) is 5.43 Å². The van der Waals surface area contributed by atoms with Crippen LogP contribution in [-0.4, -0.2) is 93.0 Å². The molecule has 35 heavy (non-hydrogen) atoms. The van der Waals surface area contributed by atoms with E-state index in [0.717, 1.165) is 45.2 Å². The fraction of sp³-hybridized carbons (Fsp3) is 0.917. The summed E-state index contributed by atoms with van der Waals surface area (Å²) in [4.78, 5) is 34.8. The Morgan fingerprint density at radius 1 is 1.17 bits per heavy atom. The van der Waals surface area contributed by atoms with Gasteiger partial charge in [0, 0.05) is 43.4 Å². The van der Waals surface area contributed by atoms with Gasteiger partial charge >= 0.3 is 0 Å². The van der Waals surface area contributed by atoms with Gasteiger partial charge in [-0.05, 0) is 66.2 Å². The third-order valence-corrected chi connectivity index (χ3v) is 8.17. The first-order valence-electron chi connectivity index (χ1n) is 13.5. The van der Waals surface area contributed by atoms with E-state index in [1.54, 1.807) is 0 Å². The van der Waals surface area contributed by atoms with E-state index in [2.05, 4.69) is 63.2 Å². The maximum absolute atomic E-state index is 12.3. The number of nitrogens with zero attached hydrogens (tertiary/aromatic N) is 2. The minimum Gasteiger partial charge on any atom is -0.356 e. The second kappa shape index (κ2) is 12.8. The van der Waals surface area contributed by atoms with E-state index >= 15 is 0 Å². The standard InChI is InChI=1S/C24H46N8O3/c1-31(2)15-16-9-10-19(32(16)3)23-27-21(35-30-23)12-11-20(33)25-13-6-14-26-22-17-7-4-5-8-18(17)24(34)29-28-22/h16-19,21-23,26-28,30H,4-15H2,1-3H3,(H,25,33)(H,29,34). The first-order valence-corrected chi connectivity index (χ1v) is 13.5. The number of nitrogens with one attached hydrogen (secondary N) is 6. The molecular formula is C24H46N8O3. The summed E-state index contributed by atoms with van der Waals surface area (Å²) >= 11 is 0. The van der Waals surface area contributed by atoms with Crippen LogP contribution in [0.15, 0.2) is 0 Å². The Morgan fingerprint density at radius 3 is 2.83 bits per heavy atom. The number of rotatable bonds is 11. The van der Waals surface area contributed by atoms with Crippen LogP contribution in [0.2, 0.25) is 0 Å². The fourth-order valence-corrected chi connectivity index (χ4v) is 6.20. The van der Waals surface area contributed by atoms with Gasteiger partial charge in [0.1, 0.15) is 6.23 Å². The number of carbonyl (C=O) groups excluding carboxylic acids is 2. The summed E-state index contributed by atoms with van der Waals surface area (Å²) in [7, 11) is 6.43. The molecule has 1 aliphatic carbocycles. The van der Waals surface area contributed by atoms with Crippen LogP contribution < -0.4 is 32.3 Å². The molecule has 3 saturated heterocycles. The number of hydroxylamine groups is 1. The van der Waals surface area contributed by atoms with Crippen molar-refractivity contribution in [2.45, 2.75) is 88.4 Å². The van der Waals surface area contributed by atoms with E-state index in [1.807, 2.05) is 0 Å². The fourth-order valence-electron chi connectivity index (χ4n) is 6.20. The van der Waals surface area contributed by atoms with Gasteiger partial charge in [-0.15, -0.1) is 0 Å². The van der Waals surface area contributed by atoms with Gasteiger partial charge in [-0.3, -0.25) is 30.1 Å². The number of likely N-dealkylation sites (N-methyl/N-ethyl adjacent to an activating group) is 2. The van der Waals surface area contributed by atoms with Crippen molar-refractivity contribution in [1.29, 1.82) is 0 Å². The van der Waals surface area contributed by atoms with Gasteiger partial charge in [0.05, 0.1) is 12.3 Å². The highest BCUT2D eigenvalue weighted by atomic mass is 16.7. The Kier molecular flexibility index (Phi) is 9.74. The zero-order chi connectivity index (χ0) is 24.8. The van der Waals surface area contributed by atoms with E-state index in [9.17, 15) is 9.59 Å². The molecule has 4 aliphatic rings. The number of hydrazine groups is 1. The van der Waals surface area contributed by atoms with E-state index < -0.39 is 0 Å². The van der Waals surface area contributed by atoms with Crippen molar-refractivity contribution in [1.82, 2.24) is 42.1 Å². The van der Waals surface area contributed by atoms with Crippen LogP contribution in [0, 0.1) is 11.8 Å². The maximum atomic E-state index is 12.3. The average Bonchev–Trinajstić information content (AvgIpc) is 3.45. The van der Waals surface area contributed by atoms with Gasteiger partial charge in [-0.2, -0.15) is 5.48 Å². The minimum absolute atomic E-state index is 0.0540. The first-order chi connectivity index (χ1) is 16.9. The summed E-state index contributed by atoms with van der Waals surface area (Å²) < 4.78 is 0. The SMILES string of the molecule is CN(C)CC1CCC(C2NOC(CCC(=O)NCCCNC3NNC(=O)C4CCCCC34)N2)N1C. The lowest BCUT2D eigenvalue weighted by Crippen LogP contribution is -2.64. The second-order valence-corrected chi connectivity index (χ2v) is 11.0. The van der Waals surface area contributed by atoms with Gasteiger partial charge in [0.2, 0.25) is 11.8 Å². The first kappa shape index (κ1) is 26.7. The molecule has 3 heterocycles. The van der Waals surface area contributed by atoms with E-state index in [-0.39, 0.29) is 36.3 Å². The molecule has 0 aromatic carbocycles. The summed E-state index contributed by atoms with van der Waals surface area (Å²) in [5.41, 5.74) is 9.10. The normalized spacial score (nSPS) is 35.8. The third-order valence-electron chi connectivity index (χ3n) is 8.17. The summed E-state index contributed by atoms with van der Waals surface area (Å²) in [5.74, 6) is 0.659. The molecule has 4 fully saturated rings. The molecule has 4 rings (SSSR count). The van der Waals surface area contributed by atoms with Crippen molar-refractivity contribution in [3.63, 3.8) is 0 Å². The molecule has 0 spiro atoms. The molecule has 2 amide bonds. The molecule has 0 bridgehead atoms. The van der Waals surface area contributed by atoms with Crippen LogP contribution in [0.4, 0.5) is 0 Å². The Labute approximate surface area is 209 Å². The second-order valence-electron chi connectivity index (χ2n) is 11.0. The summed E-state index contributed by atoms with van der Waals surface area (Å²) in [5, 5.41) is 10.1. The molecule has 0 radical (unpaired) electrons. The summed E-state index contributed by atoms with van der Waals surface area (Å²) in [6, 6.07) is 0.955. The Bertz CT molecular complexity index is 710. The van der Waals surface area contributed by atoms with Crippen LogP contribution in [0.3, 0.4) is 0 Å². The lowest BCUT2D eigenvalue weighted by Gasteiger charge is -2.41. The molecule has 0 aromatic heterocycles. The molecule has 11 heteroatoms. The number of fused-ring (bicyclic) bond motifs is 1. The van der Waals surface area contributed by atoms with Crippen molar-refractivity contribution < 1.29 is 14.4 Å². The molecule has 0 aromatic rings. The zero-order valence-electron chi connectivity index (χ0n) is 21.6. The Morgan fingerprint density at radius 2 is 2.00 bits per heavy atom. The van der Waals surface area contributed by atoms with Crippen LogP contribution in [-0.2, 0) is 14.4 Å². The predicted octanol–water partition coefficient (Wildman–Crippen LogP) is -0.570. The topological polar surface area (TPSA) is 122 Å². The third kappa shape index (κ3) is 7.12. The van der Waals surface area contributed by atoms with E-state index in [4.69, 9.17) is 4.84 Å². The average molecular weight is 495 g/mol. The minimum atomic E-state index is -0.148. The molecule has 3 aliphatic heterocycles. The van der Waals surface area contributed by atoms with Crippen molar-refractivity contribution in [2.24, 2.45) is 11.8 Å². The van der Waals surface area contributed by atoms with Crippen LogP contribution in [0.5, 0.6) is 0 Å². The quantitative estimate of drug-likeness (QED) is 0.210. The monoisotopic (exact) mass is 494 g/mol. The highest BCUT2D eigenvalue weighted by Gasteiger charge is 2.40. The van der Waals surface area contributed by atoms with Crippen molar-refractivity contribution in [2.75, 3.05) is 40.8 Å². The molecule has 200 valence electrons. The number of hydrogen-bond donors (Lipinski definition) is 6. The number of hydrogen-bond acceptors (Lipinski definition) is 9. The smallest absolute Gasteiger partial charge is 0.237 e. The number of likely N-dealkylation sites (tertiary alicyclic amines) is 1. The highest BCUT2D eigenvalue weighted by molar-refractivity contribution is 5.79. The highest BCUT2D eigenvalue weighted by Crippen LogP contribution is 2.33. The maximum Gasteiger partial charge on any atom is 0.237 e. The molecule has 6 N–H and O–H groups in total. The lowest BCUT2D eigenvalue weighted by molar-refractivity contribution is -0.134. The largest absolute Gasteiger partial charge is 0.356 e. The van der Waals surface area contributed by atoms with Crippen LogP contribution in [0.25, 0.3) is 0 Å². The molecular weight excluding hydrogens is 448 g/mol. The van der Waals surface area contributed by atoms with Gasteiger partial charge in [-0.1, -0.05) is 12.8 Å². The van der Waals surface area contributed by atoms with E-state index in [1.165, 1.54) is 12.8 Å². The number of amides is 2. The van der Waals surface area contributed by atoms with Crippen molar-refractivity contribution in [3.05, 3.63) is 0 Å². The van der Waals surface area contributed by atoms with Crippen LogP contribution in [0.1, 0.15) is 57.8 Å². The summed E-state index contributed by atoms with van der Waals surface area (Å²) in [6.45, 7) is 2.49. The zero-order valence-corrected chi connectivity index (χ0v) is 21.6. The van der Waals surface area contributed by atoms with Gasteiger partial charge in [0.15, 0.2) is 0 Å². The Hall–Kier alpha value is -1.34. The molecule has 11 nitrogen and oxygen atoms in total. The lowest BCUT2D eigenvalue weighted by atomic mass is 9.76. The van der Waals surface area contributed by atoms with Crippen molar-refractivity contribution in [3.8, 4) is 0 Å². The molecule has 1 saturated carbocycles. The van der Waals surface area contributed by atoms with Gasteiger partial charge in [0.25, 0.3) is 0 Å².